The van der Waals surface area contributed by atoms with Gasteiger partial charge in [0.05, 0.1) is 12.5 Å². The van der Waals surface area contributed by atoms with Gasteiger partial charge in [-0.15, -0.1) is 0 Å². The average Bonchev–Trinajstić information content (AvgIpc) is 2.74. The molecule has 2 aromatic carbocycles. The Hall–Kier alpha value is -1.95. The molecule has 0 spiro atoms. The number of esters is 1. The second kappa shape index (κ2) is 9.24. The van der Waals surface area contributed by atoms with Gasteiger partial charge in [-0.2, -0.15) is 0 Å². The quantitative estimate of drug-likeness (QED) is 0.543. The molecule has 3 rings (SSSR count). The molecule has 0 aliphatic carbocycles. The van der Waals surface area contributed by atoms with Crippen molar-refractivity contribution in [2.24, 2.45) is 11.8 Å². The molecule has 2 aromatic rings. The smallest absolute Gasteiger partial charge is 0.309 e. The van der Waals surface area contributed by atoms with Gasteiger partial charge in [0.1, 0.15) is 0 Å². The molecule has 1 saturated heterocycles. The minimum atomic E-state index is -3.08. The highest BCUT2D eigenvalue weighted by molar-refractivity contribution is 6.98. The average molecular weight is 412 g/mol. The predicted molar refractivity (Wildman–Crippen MR) is 120 cm³/mol. The number of hydrogen-bond acceptors (Lipinski definition) is 4. The normalized spacial score (nSPS) is 20.3. The highest BCUT2D eigenvalue weighted by atomic mass is 28.4. The van der Waals surface area contributed by atoms with Gasteiger partial charge < -0.3 is 14.8 Å². The molecule has 0 bridgehead atoms. The van der Waals surface area contributed by atoms with Crippen molar-refractivity contribution >= 4 is 24.7 Å². The van der Waals surface area contributed by atoms with Crippen molar-refractivity contribution in [3.63, 3.8) is 0 Å². The Bertz CT molecular complexity index is 755. The number of rotatable bonds is 7. The fourth-order valence-corrected chi connectivity index (χ4v) is 8.61. The van der Waals surface area contributed by atoms with Gasteiger partial charge in [0.2, 0.25) is 0 Å². The van der Waals surface area contributed by atoms with E-state index >= 15 is 0 Å². The predicted octanol–water partition coefficient (Wildman–Crippen LogP) is 2.70. The molecule has 2 N–H and O–H groups in total. The number of carbonyl (C=O) groups is 1. The molecule has 1 aliphatic rings. The van der Waals surface area contributed by atoms with Gasteiger partial charge >= 0.3 is 5.97 Å². The summed E-state index contributed by atoms with van der Waals surface area (Å²) in [5, 5.41) is 5.08. The molecular weight excluding hydrogens is 378 g/mol. The number of hydrogen-bond donors (Lipinski definition) is 2. The van der Waals surface area contributed by atoms with Crippen LogP contribution in [-0.4, -0.2) is 38.8 Å². The molecule has 29 heavy (non-hydrogen) atoms. The zero-order valence-corrected chi connectivity index (χ0v) is 18.7. The van der Waals surface area contributed by atoms with Gasteiger partial charge in [-0.3, -0.25) is 4.79 Å². The lowest BCUT2D eigenvalue weighted by Crippen LogP contribution is -2.66. The molecule has 2 atom stereocenters. The highest BCUT2D eigenvalue weighted by Crippen LogP contribution is 2.44. The molecule has 4 nitrogen and oxygen atoms in total. The number of ether oxygens (including phenoxy) is 1. The standard InChI is InChI=1S/C24H33NO3Si/c1-4-28-23(26)22-15-16-25-18-19(22)17-24(2,3)29(27,20-11-7-5-8-12-20)21-13-9-6-10-14-21/h5-14,19,22,25,27H,4,15-18H2,1-3H3/t19-,22?/m1/s1. The summed E-state index contributed by atoms with van der Waals surface area (Å²) in [6.45, 7) is 8.20. The molecule has 1 heterocycles. The molecule has 1 unspecified atom stereocenters. The van der Waals surface area contributed by atoms with Gasteiger partial charge in [0, 0.05) is 0 Å². The van der Waals surface area contributed by atoms with Crippen LogP contribution in [0.3, 0.4) is 0 Å². The van der Waals surface area contributed by atoms with Gasteiger partial charge in [-0.1, -0.05) is 74.5 Å². The minimum absolute atomic E-state index is 0.0978. The third-order valence-electron chi connectivity index (χ3n) is 6.33. The highest BCUT2D eigenvalue weighted by Gasteiger charge is 2.51. The van der Waals surface area contributed by atoms with E-state index in [0.717, 1.165) is 36.3 Å². The topological polar surface area (TPSA) is 58.6 Å². The third kappa shape index (κ3) is 4.47. The van der Waals surface area contributed by atoms with E-state index < -0.39 is 8.32 Å². The molecule has 1 aliphatic heterocycles. The third-order valence-corrected chi connectivity index (χ3v) is 10.8. The van der Waals surface area contributed by atoms with Crippen molar-refractivity contribution in [1.82, 2.24) is 5.32 Å². The van der Waals surface area contributed by atoms with Crippen LogP contribution in [-0.2, 0) is 9.53 Å². The summed E-state index contributed by atoms with van der Waals surface area (Å²) in [4.78, 5) is 24.9. The lowest BCUT2D eigenvalue weighted by molar-refractivity contribution is -0.151. The van der Waals surface area contributed by atoms with Gasteiger partial charge in [-0.25, -0.2) is 0 Å². The van der Waals surface area contributed by atoms with Crippen LogP contribution in [0.25, 0.3) is 0 Å². The number of nitrogens with one attached hydrogen (secondary N) is 1. The maximum absolute atomic E-state index is 12.6. The second-order valence-corrected chi connectivity index (χ2v) is 12.6. The van der Waals surface area contributed by atoms with Crippen molar-refractivity contribution in [2.45, 2.75) is 38.7 Å². The molecule has 5 heteroatoms. The summed E-state index contributed by atoms with van der Waals surface area (Å²) in [5.74, 6) is -0.0658. The summed E-state index contributed by atoms with van der Waals surface area (Å²) in [6.07, 6.45) is 1.55. The van der Waals surface area contributed by atoms with E-state index in [-0.39, 0.29) is 22.8 Å². The molecule has 0 aromatic heterocycles. The summed E-state index contributed by atoms with van der Waals surface area (Å²) in [7, 11) is -3.08. The van der Waals surface area contributed by atoms with Crippen molar-refractivity contribution in [3.8, 4) is 0 Å². The minimum Gasteiger partial charge on any atom is -0.466 e. The summed E-state index contributed by atoms with van der Waals surface area (Å²) in [6, 6.07) is 20.1. The van der Waals surface area contributed by atoms with Crippen molar-refractivity contribution in [3.05, 3.63) is 60.7 Å². The van der Waals surface area contributed by atoms with Crippen LogP contribution < -0.4 is 15.7 Å². The Labute approximate surface area is 175 Å². The maximum Gasteiger partial charge on any atom is 0.309 e. The Morgan fingerprint density at radius 2 is 1.66 bits per heavy atom. The van der Waals surface area contributed by atoms with E-state index in [4.69, 9.17) is 4.74 Å². The molecule has 1 fully saturated rings. The van der Waals surface area contributed by atoms with Crippen molar-refractivity contribution in [2.75, 3.05) is 19.7 Å². The van der Waals surface area contributed by atoms with Crippen LogP contribution in [0.1, 0.15) is 33.6 Å². The zero-order valence-electron chi connectivity index (χ0n) is 17.7. The molecule has 156 valence electrons. The SMILES string of the molecule is CCOC(=O)C1CCNC[C@H]1CC(C)(C)[Si](O)(c1ccccc1)c1ccccc1. The van der Waals surface area contributed by atoms with Gasteiger partial charge in [0.15, 0.2) is 0 Å². The first-order chi connectivity index (χ1) is 13.9. The first kappa shape index (κ1) is 21.7. The molecule has 0 amide bonds. The number of piperidine rings is 1. The van der Waals surface area contributed by atoms with Crippen molar-refractivity contribution < 1.29 is 14.3 Å². The Kier molecular flexibility index (Phi) is 6.93. The lowest BCUT2D eigenvalue weighted by atomic mass is 9.81. The first-order valence-electron chi connectivity index (χ1n) is 10.6. The van der Waals surface area contributed by atoms with Crippen molar-refractivity contribution in [1.29, 1.82) is 0 Å². The van der Waals surface area contributed by atoms with E-state index in [9.17, 15) is 9.59 Å². The van der Waals surface area contributed by atoms with E-state index in [1.54, 1.807) is 0 Å². The van der Waals surface area contributed by atoms with Crippen LogP contribution in [0.5, 0.6) is 0 Å². The van der Waals surface area contributed by atoms with E-state index in [1.807, 2.05) is 67.6 Å². The number of benzene rings is 2. The van der Waals surface area contributed by atoms with E-state index in [1.165, 1.54) is 0 Å². The Morgan fingerprint density at radius 3 is 2.17 bits per heavy atom. The Balaban J connectivity index is 1.97. The maximum atomic E-state index is 12.6. The monoisotopic (exact) mass is 411 g/mol. The van der Waals surface area contributed by atoms with Crippen LogP contribution >= 0.6 is 0 Å². The summed E-state index contributed by atoms with van der Waals surface area (Å²) < 4.78 is 5.36. The second-order valence-electron chi connectivity index (χ2n) is 8.64. The summed E-state index contributed by atoms with van der Waals surface area (Å²) >= 11 is 0. The summed E-state index contributed by atoms with van der Waals surface area (Å²) in [5.41, 5.74) is 0. The lowest BCUT2D eigenvalue weighted by Gasteiger charge is -2.45. The fraction of sp³-hybridized carbons (Fsp3) is 0.458. The fourth-order valence-electron chi connectivity index (χ4n) is 4.81. The van der Waals surface area contributed by atoms with Crippen LogP contribution in [0, 0.1) is 11.8 Å². The largest absolute Gasteiger partial charge is 0.466 e. The van der Waals surface area contributed by atoms with Crippen LogP contribution in [0.15, 0.2) is 60.7 Å². The van der Waals surface area contributed by atoms with Gasteiger partial charge in [0.25, 0.3) is 8.32 Å². The number of carbonyl (C=O) groups excluding carboxylic acids is 1. The molecule has 0 saturated carbocycles. The van der Waals surface area contributed by atoms with Crippen LogP contribution in [0.2, 0.25) is 5.04 Å². The Morgan fingerprint density at radius 1 is 1.10 bits per heavy atom. The first-order valence-corrected chi connectivity index (χ1v) is 12.6. The molecular formula is C24H33NO3Si. The van der Waals surface area contributed by atoms with Crippen LogP contribution in [0.4, 0.5) is 0 Å². The molecule has 0 radical (unpaired) electrons. The van der Waals surface area contributed by atoms with Gasteiger partial charge in [-0.05, 0) is 54.2 Å². The zero-order chi connectivity index (χ0) is 20.9. The van der Waals surface area contributed by atoms with E-state index in [2.05, 4.69) is 19.2 Å². The van der Waals surface area contributed by atoms with E-state index in [0.29, 0.717) is 6.61 Å².